The maximum Gasteiger partial charge on any atom is 0.341 e. The molecule has 0 aliphatic carbocycles. The van der Waals surface area contributed by atoms with E-state index in [-0.39, 0.29) is 12.5 Å². The third-order valence-corrected chi connectivity index (χ3v) is 3.70. The van der Waals surface area contributed by atoms with E-state index in [0.717, 1.165) is 5.56 Å². The van der Waals surface area contributed by atoms with E-state index in [4.69, 9.17) is 22.1 Å². The van der Waals surface area contributed by atoms with Crippen LogP contribution in [0.5, 0.6) is 5.75 Å². The number of aliphatic carboxylic acids is 1. The van der Waals surface area contributed by atoms with Gasteiger partial charge in [-0.25, -0.2) is 4.79 Å². The number of carbonyl (C=O) groups excluding carboxylic acids is 1. The Bertz CT molecular complexity index is 639. The number of carboxylic acids is 1. The van der Waals surface area contributed by atoms with Crippen LogP contribution in [0.15, 0.2) is 30.0 Å². The summed E-state index contributed by atoms with van der Waals surface area (Å²) in [7, 11) is 1.76. The van der Waals surface area contributed by atoms with E-state index >= 15 is 0 Å². The normalized spacial score (nSPS) is 16.5. The number of hydrogen-bond acceptors (Lipinski definition) is 4. The van der Waals surface area contributed by atoms with Crippen LogP contribution >= 0.6 is 12.2 Å². The first kappa shape index (κ1) is 16.0. The predicted molar refractivity (Wildman–Crippen MR) is 85.3 cm³/mol. The molecule has 1 aliphatic heterocycles. The first-order valence-electron chi connectivity index (χ1n) is 6.70. The van der Waals surface area contributed by atoms with Crippen molar-refractivity contribution in [3.63, 3.8) is 0 Å². The highest BCUT2D eigenvalue weighted by molar-refractivity contribution is 7.80. The van der Waals surface area contributed by atoms with Gasteiger partial charge in [0.25, 0.3) is 5.91 Å². The van der Waals surface area contributed by atoms with E-state index in [1.54, 1.807) is 42.3 Å². The summed E-state index contributed by atoms with van der Waals surface area (Å²) in [6.07, 6.45) is 1.74. The Hall–Kier alpha value is -2.41. The third-order valence-electron chi connectivity index (χ3n) is 3.21. The summed E-state index contributed by atoms with van der Waals surface area (Å²) < 4.78 is 5.06. The van der Waals surface area contributed by atoms with Gasteiger partial charge in [0.15, 0.2) is 11.7 Å². The van der Waals surface area contributed by atoms with Crippen molar-refractivity contribution < 1.29 is 19.4 Å². The van der Waals surface area contributed by atoms with E-state index < -0.39 is 5.97 Å². The number of benzene rings is 1. The molecule has 1 fully saturated rings. The molecule has 1 N–H and O–H groups in total. The Kier molecular flexibility index (Phi) is 4.77. The van der Waals surface area contributed by atoms with Crippen molar-refractivity contribution >= 4 is 35.3 Å². The average Bonchev–Trinajstić information content (AvgIpc) is 2.70. The molecular weight excluding hydrogens is 304 g/mol. The second-order valence-electron chi connectivity index (χ2n) is 4.67. The van der Waals surface area contributed by atoms with Crippen LogP contribution < -0.4 is 4.74 Å². The highest BCUT2D eigenvalue weighted by atomic mass is 32.1. The van der Waals surface area contributed by atoms with Crippen LogP contribution in [-0.2, 0) is 9.59 Å². The second kappa shape index (κ2) is 6.57. The summed E-state index contributed by atoms with van der Waals surface area (Å²) in [5, 5.41) is 9.04. The van der Waals surface area contributed by atoms with Crippen LogP contribution in [0.1, 0.15) is 12.5 Å². The topological polar surface area (TPSA) is 70.1 Å². The molecule has 0 radical (unpaired) electrons. The lowest BCUT2D eigenvalue weighted by molar-refractivity contribution is -0.139. The zero-order chi connectivity index (χ0) is 16.3. The van der Waals surface area contributed by atoms with Gasteiger partial charge >= 0.3 is 5.97 Å². The monoisotopic (exact) mass is 320 g/mol. The Morgan fingerprint density at radius 2 is 2.00 bits per heavy atom. The van der Waals surface area contributed by atoms with Crippen LogP contribution in [0.2, 0.25) is 0 Å². The fourth-order valence-electron chi connectivity index (χ4n) is 2.05. The predicted octanol–water partition coefficient (Wildman–Crippen LogP) is 1.57. The number of hydrogen-bond donors (Lipinski definition) is 1. The number of carboxylic acid groups (broad SMARTS) is 1. The summed E-state index contributed by atoms with van der Waals surface area (Å²) in [6, 6.07) is 6.82. The van der Waals surface area contributed by atoms with E-state index in [9.17, 15) is 9.59 Å². The Morgan fingerprint density at radius 1 is 1.36 bits per heavy atom. The maximum atomic E-state index is 12.2. The van der Waals surface area contributed by atoms with Crippen molar-refractivity contribution in [3.05, 3.63) is 35.5 Å². The minimum atomic E-state index is -1.03. The maximum absolute atomic E-state index is 12.2. The molecule has 1 heterocycles. The molecule has 1 aromatic rings. The first-order valence-corrected chi connectivity index (χ1v) is 7.10. The van der Waals surface area contributed by atoms with E-state index in [1.807, 2.05) is 6.92 Å². The molecule has 0 unspecified atom stereocenters. The van der Waals surface area contributed by atoms with E-state index in [2.05, 4.69) is 0 Å². The molecule has 6 nitrogen and oxygen atoms in total. The Morgan fingerprint density at radius 3 is 2.50 bits per heavy atom. The smallest absolute Gasteiger partial charge is 0.341 e. The molecule has 0 spiro atoms. The lowest BCUT2D eigenvalue weighted by atomic mass is 10.2. The molecule has 0 bridgehead atoms. The molecule has 0 aromatic heterocycles. The summed E-state index contributed by atoms with van der Waals surface area (Å²) in [5.74, 6) is -0.694. The van der Waals surface area contributed by atoms with Gasteiger partial charge in [-0.1, -0.05) is 12.1 Å². The number of amides is 1. The lowest BCUT2D eigenvalue weighted by Crippen LogP contribution is -2.30. The van der Waals surface area contributed by atoms with Crippen LogP contribution in [0.4, 0.5) is 0 Å². The number of nitrogens with zero attached hydrogens (tertiary/aromatic N) is 2. The molecule has 1 aromatic carbocycles. The third kappa shape index (κ3) is 3.25. The largest absolute Gasteiger partial charge is 0.482 e. The van der Waals surface area contributed by atoms with Gasteiger partial charge in [-0.15, -0.1) is 0 Å². The SMILES string of the molecule is CCN1C(=O)/C(=C/c2ccc(OCC(=O)O)cc2)N(C)C1=S. The number of ether oxygens (including phenoxy) is 1. The van der Waals surface area contributed by atoms with Gasteiger partial charge in [0, 0.05) is 13.6 Å². The minimum Gasteiger partial charge on any atom is -0.482 e. The quantitative estimate of drug-likeness (QED) is 0.656. The summed E-state index contributed by atoms with van der Waals surface area (Å²) in [4.78, 5) is 25.9. The number of carbonyl (C=O) groups is 2. The van der Waals surface area contributed by atoms with Crippen molar-refractivity contribution in [2.45, 2.75) is 6.92 Å². The van der Waals surface area contributed by atoms with Crippen LogP contribution in [0, 0.1) is 0 Å². The molecule has 2 rings (SSSR count). The molecule has 1 amide bonds. The van der Waals surface area contributed by atoms with Gasteiger partial charge in [0.2, 0.25) is 0 Å². The molecule has 22 heavy (non-hydrogen) atoms. The van der Waals surface area contributed by atoms with Crippen LogP contribution in [0.3, 0.4) is 0 Å². The molecule has 0 atom stereocenters. The molecule has 1 aliphatic rings. The molecule has 0 saturated carbocycles. The first-order chi connectivity index (χ1) is 10.4. The number of thiocarbonyl (C=S) groups is 1. The summed E-state index contributed by atoms with van der Waals surface area (Å²) in [5.41, 5.74) is 1.31. The lowest BCUT2D eigenvalue weighted by Gasteiger charge is -2.13. The van der Waals surface area contributed by atoms with Crippen molar-refractivity contribution in [2.75, 3.05) is 20.2 Å². The van der Waals surface area contributed by atoms with Crippen molar-refractivity contribution in [3.8, 4) is 5.75 Å². The Labute approximate surface area is 133 Å². The molecule has 116 valence electrons. The highest BCUT2D eigenvalue weighted by Crippen LogP contribution is 2.22. The van der Waals surface area contributed by atoms with E-state index in [1.165, 1.54) is 4.90 Å². The van der Waals surface area contributed by atoms with Crippen molar-refractivity contribution in [1.29, 1.82) is 0 Å². The highest BCUT2D eigenvalue weighted by Gasteiger charge is 2.34. The molecular formula is C15H16N2O4S. The van der Waals surface area contributed by atoms with Crippen LogP contribution in [-0.4, -0.2) is 52.1 Å². The second-order valence-corrected chi connectivity index (χ2v) is 5.04. The average molecular weight is 320 g/mol. The van der Waals surface area contributed by atoms with Gasteiger partial charge in [-0.2, -0.15) is 0 Å². The van der Waals surface area contributed by atoms with Gasteiger partial charge in [-0.05, 0) is 42.9 Å². The Balaban J connectivity index is 2.17. The van der Waals surface area contributed by atoms with Gasteiger partial charge < -0.3 is 14.7 Å². The minimum absolute atomic E-state index is 0.124. The van der Waals surface area contributed by atoms with Gasteiger partial charge in [0.05, 0.1) is 0 Å². The van der Waals surface area contributed by atoms with Crippen molar-refractivity contribution in [1.82, 2.24) is 9.80 Å². The summed E-state index contributed by atoms with van der Waals surface area (Å²) >= 11 is 5.23. The zero-order valence-corrected chi connectivity index (χ0v) is 13.1. The number of rotatable bonds is 5. The number of likely N-dealkylation sites (N-methyl/N-ethyl adjacent to an activating group) is 2. The van der Waals surface area contributed by atoms with Crippen LogP contribution in [0.25, 0.3) is 6.08 Å². The fourth-order valence-corrected chi connectivity index (χ4v) is 2.36. The summed E-state index contributed by atoms with van der Waals surface area (Å²) in [6.45, 7) is 2.01. The zero-order valence-electron chi connectivity index (χ0n) is 12.3. The van der Waals surface area contributed by atoms with Crippen molar-refractivity contribution in [2.24, 2.45) is 0 Å². The molecule has 1 saturated heterocycles. The van der Waals surface area contributed by atoms with Gasteiger partial charge in [0.1, 0.15) is 11.4 Å². The van der Waals surface area contributed by atoms with Gasteiger partial charge in [-0.3, -0.25) is 9.69 Å². The standard InChI is InChI=1S/C15H16N2O4S/c1-3-17-14(20)12(16(2)15(17)22)8-10-4-6-11(7-5-10)21-9-13(18)19/h4-8H,3,9H2,1-2H3,(H,18,19)/b12-8-. The molecule has 7 heteroatoms. The van der Waals surface area contributed by atoms with E-state index in [0.29, 0.717) is 23.1 Å². The fraction of sp³-hybridized carbons (Fsp3) is 0.267.